The molecule has 0 aliphatic carbocycles. The minimum absolute atomic E-state index is 0.0401. The molecule has 0 bridgehead atoms. The molecular weight excluding hydrogens is 614 g/mol. The van der Waals surface area contributed by atoms with Gasteiger partial charge in [-0.2, -0.15) is 0 Å². The fourth-order valence-corrected chi connectivity index (χ4v) is 4.39. The maximum atomic E-state index is 13.5. The predicted molar refractivity (Wildman–Crippen MR) is 174 cm³/mol. The van der Waals surface area contributed by atoms with Gasteiger partial charge in [-0.1, -0.05) is 96.8 Å². The Hall–Kier alpha value is -6.38. The highest BCUT2D eigenvalue weighted by Gasteiger charge is 2.25. The summed E-state index contributed by atoms with van der Waals surface area (Å²) in [6.45, 7) is -0.0802. The van der Waals surface area contributed by atoms with E-state index in [0.29, 0.717) is 22.3 Å². The Morgan fingerprint density at radius 2 is 0.854 bits per heavy atom. The lowest BCUT2D eigenvalue weighted by molar-refractivity contribution is 0.0276. The number of rotatable bonds is 8. The van der Waals surface area contributed by atoms with Crippen LogP contribution < -0.4 is 0 Å². The largest absolute Gasteiger partial charge is 0.510 e. The van der Waals surface area contributed by atoms with Crippen molar-refractivity contribution in [2.45, 2.75) is 25.4 Å². The van der Waals surface area contributed by atoms with Gasteiger partial charge in [0, 0.05) is 22.3 Å². The quantitative estimate of drug-likeness (QED) is 0.124. The van der Waals surface area contributed by atoms with Gasteiger partial charge in [-0.05, 0) is 71.5 Å². The topological polar surface area (TPSA) is 71.1 Å². The summed E-state index contributed by atoms with van der Waals surface area (Å²) in [4.78, 5) is 25.9. The van der Waals surface area contributed by atoms with Crippen LogP contribution in [0.2, 0.25) is 0 Å². The van der Waals surface area contributed by atoms with Crippen LogP contribution in [0.4, 0.5) is 18.4 Å². The minimum Gasteiger partial charge on any atom is -0.429 e. The Bertz CT molecular complexity index is 1790. The predicted octanol–water partition coefficient (Wildman–Crippen LogP) is 8.86. The Labute approximate surface area is 276 Å². The summed E-state index contributed by atoms with van der Waals surface area (Å²) in [5, 5.41) is 0. The van der Waals surface area contributed by atoms with Crippen molar-refractivity contribution in [2.75, 3.05) is 0 Å². The van der Waals surface area contributed by atoms with Gasteiger partial charge in [-0.3, -0.25) is 0 Å². The van der Waals surface area contributed by atoms with Crippen molar-refractivity contribution in [3.63, 3.8) is 0 Å². The zero-order chi connectivity index (χ0) is 33.6. The van der Waals surface area contributed by atoms with Crippen molar-refractivity contribution in [3.8, 4) is 23.7 Å². The second-order valence-corrected chi connectivity index (χ2v) is 10.2. The van der Waals surface area contributed by atoms with Gasteiger partial charge in [0.1, 0.15) is 24.8 Å². The van der Waals surface area contributed by atoms with Crippen LogP contribution in [-0.4, -0.2) is 12.3 Å². The highest BCUT2D eigenvalue weighted by Crippen LogP contribution is 2.29. The maximum Gasteiger partial charge on any atom is 0.510 e. The average molecular weight is 643 g/mol. The van der Waals surface area contributed by atoms with E-state index in [2.05, 4.69) is 23.7 Å². The van der Waals surface area contributed by atoms with Crippen molar-refractivity contribution in [1.29, 1.82) is 0 Å². The zero-order valence-corrected chi connectivity index (χ0v) is 25.5. The van der Waals surface area contributed by atoms with E-state index < -0.39 is 36.2 Å². The number of carbonyl (C=O) groups excluding carboxylic acids is 2. The number of ether oxygens (including phenoxy) is 4. The molecular formula is C40H28F2O6. The first-order valence-corrected chi connectivity index (χ1v) is 14.8. The molecule has 0 saturated carbocycles. The van der Waals surface area contributed by atoms with E-state index in [1.807, 2.05) is 36.4 Å². The molecule has 0 saturated heterocycles. The van der Waals surface area contributed by atoms with Crippen molar-refractivity contribution in [3.05, 3.63) is 178 Å². The van der Waals surface area contributed by atoms with Crippen LogP contribution >= 0.6 is 0 Å². The van der Waals surface area contributed by atoms with Gasteiger partial charge in [-0.25, -0.2) is 18.4 Å². The number of halogens is 2. The molecule has 0 radical (unpaired) electrons. The number of hydrogen-bond acceptors (Lipinski definition) is 6. The summed E-state index contributed by atoms with van der Waals surface area (Å²) < 4.78 is 49.2. The Morgan fingerprint density at radius 3 is 1.23 bits per heavy atom. The van der Waals surface area contributed by atoms with Crippen LogP contribution in [0.25, 0.3) is 0 Å². The molecule has 238 valence electrons. The highest BCUT2D eigenvalue weighted by atomic mass is 19.1. The van der Waals surface area contributed by atoms with E-state index in [1.165, 1.54) is 48.5 Å². The normalized spacial score (nSPS) is 11.4. The SMILES string of the molecule is O=C(OCc1ccccc1)OC(C#Cc1ccc(F)cc1)c1ccccc1C(C#Cc1ccc(F)cc1)OC(=O)OCc1ccccc1. The van der Waals surface area contributed by atoms with Gasteiger partial charge in [-0.15, -0.1) is 0 Å². The van der Waals surface area contributed by atoms with Gasteiger partial charge in [0.2, 0.25) is 0 Å². The second-order valence-electron chi connectivity index (χ2n) is 10.2. The van der Waals surface area contributed by atoms with Crippen molar-refractivity contribution in [1.82, 2.24) is 0 Å². The summed E-state index contributed by atoms with van der Waals surface area (Å²) in [5.41, 5.74) is 3.13. The van der Waals surface area contributed by atoms with Gasteiger partial charge in [0.05, 0.1) is 0 Å². The van der Waals surface area contributed by atoms with Crippen LogP contribution in [0.1, 0.15) is 45.6 Å². The molecule has 2 atom stereocenters. The van der Waals surface area contributed by atoms with E-state index >= 15 is 0 Å². The number of benzene rings is 5. The molecule has 2 unspecified atom stereocenters. The van der Waals surface area contributed by atoms with Crippen LogP contribution in [0, 0.1) is 35.3 Å². The standard InChI is InChI=1S/C40H28F2O6/c41-33-21-15-29(16-22-33)19-25-37(47-39(43)45-27-31-9-3-1-4-10-31)35-13-7-8-14-36(35)38(26-20-30-17-23-34(42)24-18-30)48-40(44)46-28-32-11-5-2-6-12-32/h1-18,21-24,37-38H,27-28H2. The van der Waals surface area contributed by atoms with Gasteiger partial charge in [0.25, 0.3) is 0 Å². The lowest BCUT2D eigenvalue weighted by atomic mass is 9.97. The third-order valence-electron chi connectivity index (χ3n) is 6.77. The minimum atomic E-state index is -1.23. The Morgan fingerprint density at radius 1 is 0.500 bits per heavy atom. The molecule has 0 aromatic heterocycles. The highest BCUT2D eigenvalue weighted by molar-refractivity contribution is 5.63. The van der Waals surface area contributed by atoms with E-state index in [1.54, 1.807) is 48.5 Å². The Balaban J connectivity index is 1.47. The summed E-state index contributed by atoms with van der Waals surface area (Å²) in [6.07, 6.45) is -4.45. The zero-order valence-electron chi connectivity index (χ0n) is 25.5. The smallest absolute Gasteiger partial charge is 0.429 e. The van der Waals surface area contributed by atoms with E-state index in [9.17, 15) is 18.4 Å². The van der Waals surface area contributed by atoms with Crippen LogP contribution in [0.5, 0.6) is 0 Å². The third-order valence-corrected chi connectivity index (χ3v) is 6.77. The molecule has 0 fully saturated rings. The molecule has 0 heterocycles. The lowest BCUT2D eigenvalue weighted by Crippen LogP contribution is -2.17. The molecule has 0 aliphatic heterocycles. The van der Waals surface area contributed by atoms with Crippen LogP contribution in [-0.2, 0) is 32.2 Å². The van der Waals surface area contributed by atoms with Gasteiger partial charge < -0.3 is 18.9 Å². The van der Waals surface area contributed by atoms with Crippen molar-refractivity contribution >= 4 is 12.3 Å². The summed E-state index contributed by atoms with van der Waals surface area (Å²) >= 11 is 0. The number of hydrogen-bond donors (Lipinski definition) is 0. The van der Waals surface area contributed by atoms with Crippen LogP contribution in [0.3, 0.4) is 0 Å². The molecule has 6 nitrogen and oxygen atoms in total. The number of carbonyl (C=O) groups is 2. The van der Waals surface area contributed by atoms with E-state index in [-0.39, 0.29) is 13.2 Å². The Kier molecular flexibility index (Phi) is 11.5. The van der Waals surface area contributed by atoms with Crippen molar-refractivity contribution in [2.24, 2.45) is 0 Å². The van der Waals surface area contributed by atoms with Crippen molar-refractivity contribution < 1.29 is 37.3 Å². The van der Waals surface area contributed by atoms with E-state index in [0.717, 1.165) is 11.1 Å². The molecule has 5 rings (SSSR count). The van der Waals surface area contributed by atoms with Gasteiger partial charge >= 0.3 is 12.3 Å². The lowest BCUT2D eigenvalue weighted by Gasteiger charge is -2.20. The second kappa shape index (κ2) is 16.8. The molecule has 8 heteroatoms. The monoisotopic (exact) mass is 642 g/mol. The fourth-order valence-electron chi connectivity index (χ4n) is 4.39. The molecule has 0 N–H and O–H groups in total. The first-order chi connectivity index (χ1) is 23.4. The molecule has 5 aromatic rings. The van der Waals surface area contributed by atoms with E-state index in [4.69, 9.17) is 18.9 Å². The molecule has 48 heavy (non-hydrogen) atoms. The fraction of sp³-hybridized carbons (Fsp3) is 0.100. The molecule has 0 spiro atoms. The van der Waals surface area contributed by atoms with Gasteiger partial charge in [0.15, 0.2) is 12.2 Å². The first-order valence-electron chi connectivity index (χ1n) is 14.8. The average Bonchev–Trinajstić information content (AvgIpc) is 3.12. The van der Waals surface area contributed by atoms with Crippen LogP contribution in [0.15, 0.2) is 133 Å². The molecule has 0 amide bonds. The summed E-state index contributed by atoms with van der Waals surface area (Å²) in [6, 6.07) is 35.8. The first kappa shape index (κ1) is 33.0. The molecule has 5 aromatic carbocycles. The molecule has 0 aliphatic rings. The maximum absolute atomic E-state index is 13.5. The summed E-state index contributed by atoms with van der Waals surface area (Å²) in [7, 11) is 0. The third kappa shape index (κ3) is 10.1. The summed E-state index contributed by atoms with van der Waals surface area (Å²) in [5.74, 6) is 10.8.